The summed E-state index contributed by atoms with van der Waals surface area (Å²) in [5.41, 5.74) is 3.83. The molecule has 1 aromatic rings. The molecule has 1 nitrogen and oxygen atoms in total. The van der Waals surface area contributed by atoms with Crippen LogP contribution < -0.4 is 5.32 Å². The maximum Gasteiger partial charge on any atom is 0.0359 e. The molecule has 1 aromatic carbocycles. The molecular formula is C17H25N. The number of rotatable bonds is 6. The van der Waals surface area contributed by atoms with E-state index in [0.29, 0.717) is 12.1 Å². The van der Waals surface area contributed by atoms with Gasteiger partial charge in [-0.3, -0.25) is 0 Å². The first kappa shape index (κ1) is 14.7. The number of nitrogens with one attached hydrogen (secondary N) is 1. The van der Waals surface area contributed by atoms with Crippen molar-refractivity contribution in [2.24, 2.45) is 0 Å². The molecule has 0 aliphatic rings. The van der Waals surface area contributed by atoms with E-state index in [1.165, 1.54) is 11.1 Å². The first-order chi connectivity index (χ1) is 8.49. The molecule has 1 N–H and O–H groups in total. The highest BCUT2D eigenvalue weighted by atomic mass is 14.9. The molecule has 1 atom stereocenters. The molecule has 0 spiro atoms. The molecule has 0 saturated heterocycles. The summed E-state index contributed by atoms with van der Waals surface area (Å²) in [6, 6.07) is 11.5. The van der Waals surface area contributed by atoms with Gasteiger partial charge in [0.15, 0.2) is 0 Å². The lowest BCUT2D eigenvalue weighted by Crippen LogP contribution is -2.28. The van der Waals surface area contributed by atoms with Crippen LogP contribution in [0.1, 0.15) is 45.7 Å². The van der Waals surface area contributed by atoms with Crippen LogP contribution in [0.15, 0.2) is 54.1 Å². The van der Waals surface area contributed by atoms with Crippen molar-refractivity contribution < 1.29 is 0 Å². The van der Waals surface area contributed by atoms with Gasteiger partial charge in [-0.05, 0) is 25.8 Å². The van der Waals surface area contributed by atoms with E-state index in [9.17, 15) is 0 Å². The number of hydrogen-bond donors (Lipinski definition) is 1. The van der Waals surface area contributed by atoms with Gasteiger partial charge >= 0.3 is 0 Å². The van der Waals surface area contributed by atoms with Crippen molar-refractivity contribution in [3.8, 4) is 0 Å². The van der Waals surface area contributed by atoms with E-state index in [2.05, 4.69) is 69.1 Å². The van der Waals surface area contributed by atoms with Crippen LogP contribution in [0.2, 0.25) is 0 Å². The minimum Gasteiger partial charge on any atom is -0.307 e. The Bertz CT molecular complexity index is 401. The zero-order valence-electron chi connectivity index (χ0n) is 12.0. The fourth-order valence-electron chi connectivity index (χ4n) is 2.16. The fraction of sp³-hybridized carbons (Fsp3) is 0.412. The quantitative estimate of drug-likeness (QED) is 0.718. The van der Waals surface area contributed by atoms with E-state index >= 15 is 0 Å². The summed E-state index contributed by atoms with van der Waals surface area (Å²) >= 11 is 0. The molecule has 18 heavy (non-hydrogen) atoms. The lowest BCUT2D eigenvalue weighted by Gasteiger charge is -2.22. The highest BCUT2D eigenvalue weighted by Crippen LogP contribution is 2.22. The summed E-state index contributed by atoms with van der Waals surface area (Å²) in [7, 11) is 0. The molecule has 0 aromatic heterocycles. The summed E-state index contributed by atoms with van der Waals surface area (Å²) in [6.45, 7) is 12.5. The molecular weight excluding hydrogens is 218 g/mol. The molecule has 98 valence electrons. The second-order valence-corrected chi connectivity index (χ2v) is 5.33. The van der Waals surface area contributed by atoms with Crippen molar-refractivity contribution in [2.75, 3.05) is 0 Å². The Balaban J connectivity index is 2.83. The van der Waals surface area contributed by atoms with Crippen LogP contribution in [0.25, 0.3) is 0 Å². The lowest BCUT2D eigenvalue weighted by molar-refractivity contribution is 0.473. The Morgan fingerprint density at radius 2 is 1.83 bits per heavy atom. The number of allylic oxidation sites excluding steroid dienone is 2. The van der Waals surface area contributed by atoms with Crippen LogP contribution >= 0.6 is 0 Å². The zero-order valence-corrected chi connectivity index (χ0v) is 12.0. The predicted molar refractivity (Wildman–Crippen MR) is 80.6 cm³/mol. The molecule has 1 rings (SSSR count). The molecule has 0 saturated carbocycles. The average molecular weight is 243 g/mol. The highest BCUT2D eigenvalue weighted by molar-refractivity contribution is 5.23. The first-order valence-corrected chi connectivity index (χ1v) is 6.62. The maximum atomic E-state index is 3.94. The number of benzene rings is 1. The molecule has 1 unspecified atom stereocenters. The Morgan fingerprint density at radius 3 is 2.33 bits per heavy atom. The van der Waals surface area contributed by atoms with Gasteiger partial charge in [0.2, 0.25) is 0 Å². The average Bonchev–Trinajstić information content (AvgIpc) is 2.27. The first-order valence-electron chi connectivity index (χ1n) is 6.62. The van der Waals surface area contributed by atoms with E-state index in [-0.39, 0.29) is 0 Å². The SMILES string of the molecule is C=C(C)/C=C(\C)CC(NC(C)C)c1ccccc1. The molecule has 0 fully saturated rings. The Hall–Kier alpha value is -1.34. The Kier molecular flexibility index (Phi) is 5.87. The monoisotopic (exact) mass is 243 g/mol. The van der Waals surface area contributed by atoms with Gasteiger partial charge in [-0.1, -0.05) is 68.0 Å². The van der Waals surface area contributed by atoms with Gasteiger partial charge in [-0.15, -0.1) is 0 Å². The zero-order chi connectivity index (χ0) is 13.5. The summed E-state index contributed by atoms with van der Waals surface area (Å²) < 4.78 is 0. The van der Waals surface area contributed by atoms with Crippen LogP contribution in [0, 0.1) is 0 Å². The summed E-state index contributed by atoms with van der Waals surface area (Å²) in [5, 5.41) is 3.63. The predicted octanol–water partition coefficient (Wildman–Crippen LogP) is 4.64. The fourth-order valence-corrected chi connectivity index (χ4v) is 2.16. The standard InChI is InChI=1S/C17H25N/c1-13(2)11-15(5)12-17(18-14(3)4)16-9-7-6-8-10-16/h6-11,14,17-18H,1,12H2,2-5H3/b15-11+. The second kappa shape index (κ2) is 7.17. The second-order valence-electron chi connectivity index (χ2n) is 5.33. The van der Waals surface area contributed by atoms with Crippen molar-refractivity contribution in [1.82, 2.24) is 5.32 Å². The van der Waals surface area contributed by atoms with Gasteiger partial charge in [-0.25, -0.2) is 0 Å². The topological polar surface area (TPSA) is 12.0 Å². The lowest BCUT2D eigenvalue weighted by atomic mass is 9.98. The normalized spacial score (nSPS) is 13.7. The van der Waals surface area contributed by atoms with Gasteiger partial charge in [0.05, 0.1) is 0 Å². The molecule has 0 heterocycles. The number of hydrogen-bond acceptors (Lipinski definition) is 1. The van der Waals surface area contributed by atoms with Crippen molar-refractivity contribution in [1.29, 1.82) is 0 Å². The van der Waals surface area contributed by atoms with Crippen LogP contribution in [0.5, 0.6) is 0 Å². The summed E-state index contributed by atoms with van der Waals surface area (Å²) in [5.74, 6) is 0. The Labute approximate surface area is 112 Å². The molecule has 0 bridgehead atoms. The van der Waals surface area contributed by atoms with E-state index < -0.39 is 0 Å². The van der Waals surface area contributed by atoms with E-state index in [1.807, 2.05) is 6.92 Å². The van der Waals surface area contributed by atoms with Crippen molar-refractivity contribution >= 4 is 0 Å². The van der Waals surface area contributed by atoms with Crippen molar-refractivity contribution in [3.05, 3.63) is 59.7 Å². The third kappa shape index (κ3) is 5.33. The largest absolute Gasteiger partial charge is 0.307 e. The van der Waals surface area contributed by atoms with E-state index in [4.69, 9.17) is 0 Å². The molecule has 0 amide bonds. The summed E-state index contributed by atoms with van der Waals surface area (Å²) in [4.78, 5) is 0. The van der Waals surface area contributed by atoms with Crippen LogP contribution in [-0.4, -0.2) is 6.04 Å². The Morgan fingerprint density at radius 1 is 1.22 bits per heavy atom. The van der Waals surface area contributed by atoms with Crippen LogP contribution in [0.3, 0.4) is 0 Å². The van der Waals surface area contributed by atoms with Gasteiger partial charge in [0, 0.05) is 12.1 Å². The third-order valence-corrected chi connectivity index (χ3v) is 2.76. The van der Waals surface area contributed by atoms with Crippen LogP contribution in [-0.2, 0) is 0 Å². The van der Waals surface area contributed by atoms with Gasteiger partial charge in [0.1, 0.15) is 0 Å². The minimum atomic E-state index is 0.377. The maximum absolute atomic E-state index is 3.94. The van der Waals surface area contributed by atoms with Gasteiger partial charge < -0.3 is 5.32 Å². The van der Waals surface area contributed by atoms with Gasteiger partial charge in [0.25, 0.3) is 0 Å². The van der Waals surface area contributed by atoms with Gasteiger partial charge in [-0.2, -0.15) is 0 Å². The van der Waals surface area contributed by atoms with E-state index in [0.717, 1.165) is 12.0 Å². The van der Waals surface area contributed by atoms with Crippen molar-refractivity contribution in [2.45, 2.75) is 46.2 Å². The van der Waals surface area contributed by atoms with Crippen LogP contribution in [0.4, 0.5) is 0 Å². The van der Waals surface area contributed by atoms with E-state index in [1.54, 1.807) is 0 Å². The molecule has 0 radical (unpaired) electrons. The summed E-state index contributed by atoms with van der Waals surface area (Å²) in [6.07, 6.45) is 3.19. The smallest absolute Gasteiger partial charge is 0.0359 e. The van der Waals surface area contributed by atoms with Crippen molar-refractivity contribution in [3.63, 3.8) is 0 Å². The third-order valence-electron chi connectivity index (χ3n) is 2.76. The highest BCUT2D eigenvalue weighted by Gasteiger charge is 2.12. The molecule has 1 heteroatoms. The minimum absolute atomic E-state index is 0.377. The molecule has 0 aliphatic heterocycles. The molecule has 0 aliphatic carbocycles.